The van der Waals surface area contributed by atoms with Crippen molar-refractivity contribution in [1.82, 2.24) is 10.6 Å². The van der Waals surface area contributed by atoms with Crippen LogP contribution in [0.15, 0.2) is 18.2 Å². The molecule has 1 saturated heterocycles. The number of hydrogen-bond donors (Lipinski definition) is 2. The molecule has 1 aliphatic heterocycles. The number of piperidine rings is 1. The molecule has 1 aromatic rings. The molecule has 1 fully saturated rings. The van der Waals surface area contributed by atoms with E-state index in [9.17, 15) is 13.6 Å². The fourth-order valence-corrected chi connectivity index (χ4v) is 2.61. The molecule has 1 amide bonds. The number of benzene rings is 1. The van der Waals surface area contributed by atoms with Crippen molar-refractivity contribution < 1.29 is 23.0 Å². The molecule has 0 spiro atoms. The maximum absolute atomic E-state index is 12.6. The molecule has 134 valence electrons. The highest BCUT2D eigenvalue weighted by atomic mass is 19.3. The van der Waals surface area contributed by atoms with Gasteiger partial charge in [-0.2, -0.15) is 8.78 Å². The van der Waals surface area contributed by atoms with Gasteiger partial charge in [0.1, 0.15) is 11.5 Å². The summed E-state index contributed by atoms with van der Waals surface area (Å²) < 4.78 is 35.2. The standard InChI is InChI=1S/C17H24F2N2O3/c1-2-9-23-14-4-3-13(15(10-14)24-17(18)19)11-21-16(22)12-5-7-20-8-6-12/h3-4,10,12,17,20H,2,5-9,11H2,1H3,(H,21,22). The molecule has 0 unspecified atom stereocenters. The van der Waals surface area contributed by atoms with E-state index in [1.54, 1.807) is 12.1 Å². The zero-order valence-electron chi connectivity index (χ0n) is 13.8. The minimum atomic E-state index is -2.93. The molecule has 2 N–H and O–H groups in total. The van der Waals surface area contributed by atoms with Gasteiger partial charge in [-0.15, -0.1) is 0 Å². The molecule has 0 atom stereocenters. The Balaban J connectivity index is 2.00. The molecule has 0 radical (unpaired) electrons. The summed E-state index contributed by atoms with van der Waals surface area (Å²) in [5, 5.41) is 6.01. The van der Waals surface area contributed by atoms with E-state index in [0.29, 0.717) is 17.9 Å². The van der Waals surface area contributed by atoms with Crippen molar-refractivity contribution in [2.24, 2.45) is 5.92 Å². The number of ether oxygens (including phenoxy) is 2. The van der Waals surface area contributed by atoms with Crippen molar-refractivity contribution in [2.45, 2.75) is 39.3 Å². The quantitative estimate of drug-likeness (QED) is 0.763. The molecule has 2 rings (SSSR count). The third kappa shape index (κ3) is 5.63. The van der Waals surface area contributed by atoms with E-state index in [1.807, 2.05) is 6.92 Å². The van der Waals surface area contributed by atoms with Gasteiger partial charge >= 0.3 is 6.61 Å². The van der Waals surface area contributed by atoms with Gasteiger partial charge in [-0.05, 0) is 44.5 Å². The molecule has 1 heterocycles. The first-order valence-corrected chi connectivity index (χ1v) is 8.29. The van der Waals surface area contributed by atoms with E-state index in [0.717, 1.165) is 32.4 Å². The maximum atomic E-state index is 12.6. The van der Waals surface area contributed by atoms with Gasteiger partial charge in [-0.1, -0.05) is 6.92 Å². The number of carbonyl (C=O) groups excluding carboxylic acids is 1. The van der Waals surface area contributed by atoms with Crippen molar-refractivity contribution in [2.75, 3.05) is 19.7 Å². The molecule has 24 heavy (non-hydrogen) atoms. The van der Waals surface area contributed by atoms with E-state index in [1.165, 1.54) is 6.07 Å². The lowest BCUT2D eigenvalue weighted by molar-refractivity contribution is -0.125. The van der Waals surface area contributed by atoms with Crippen LogP contribution in [0.25, 0.3) is 0 Å². The van der Waals surface area contributed by atoms with Gasteiger partial charge in [-0.25, -0.2) is 0 Å². The fraction of sp³-hybridized carbons (Fsp3) is 0.588. The second-order valence-corrected chi connectivity index (χ2v) is 5.74. The third-order valence-corrected chi connectivity index (χ3v) is 3.89. The van der Waals surface area contributed by atoms with Crippen LogP contribution in [0.2, 0.25) is 0 Å². The van der Waals surface area contributed by atoms with Crippen molar-refractivity contribution in [3.63, 3.8) is 0 Å². The Kier molecular flexibility index (Phi) is 7.24. The highest BCUT2D eigenvalue weighted by Gasteiger charge is 2.21. The van der Waals surface area contributed by atoms with Crippen LogP contribution >= 0.6 is 0 Å². The smallest absolute Gasteiger partial charge is 0.387 e. The van der Waals surface area contributed by atoms with Crippen LogP contribution in [0.1, 0.15) is 31.7 Å². The van der Waals surface area contributed by atoms with Crippen LogP contribution in [0.4, 0.5) is 8.78 Å². The summed E-state index contributed by atoms with van der Waals surface area (Å²) in [5.74, 6) is 0.425. The Labute approximate surface area is 140 Å². The number of nitrogens with one attached hydrogen (secondary N) is 2. The Morgan fingerprint density at radius 2 is 2.12 bits per heavy atom. The van der Waals surface area contributed by atoms with Crippen LogP contribution in [-0.4, -0.2) is 32.2 Å². The van der Waals surface area contributed by atoms with Crippen LogP contribution in [0, 0.1) is 5.92 Å². The zero-order valence-corrected chi connectivity index (χ0v) is 13.8. The number of rotatable bonds is 8. The second kappa shape index (κ2) is 9.42. The number of amides is 1. The maximum Gasteiger partial charge on any atom is 0.387 e. The number of carbonyl (C=O) groups is 1. The monoisotopic (exact) mass is 342 g/mol. The summed E-state index contributed by atoms with van der Waals surface area (Å²) in [6, 6.07) is 4.78. The van der Waals surface area contributed by atoms with E-state index in [4.69, 9.17) is 4.74 Å². The van der Waals surface area contributed by atoms with Gasteiger partial charge in [-0.3, -0.25) is 4.79 Å². The molecular formula is C17H24F2N2O3. The number of halogens is 2. The molecule has 0 aromatic heterocycles. The average Bonchev–Trinajstić information content (AvgIpc) is 2.59. The highest BCUT2D eigenvalue weighted by Crippen LogP contribution is 2.27. The molecule has 0 bridgehead atoms. The summed E-state index contributed by atoms with van der Waals surface area (Å²) in [5.41, 5.74) is 0.501. The summed E-state index contributed by atoms with van der Waals surface area (Å²) in [6.45, 7) is 1.33. The van der Waals surface area contributed by atoms with E-state index in [-0.39, 0.29) is 24.1 Å². The fourth-order valence-electron chi connectivity index (χ4n) is 2.61. The van der Waals surface area contributed by atoms with Crippen molar-refractivity contribution in [1.29, 1.82) is 0 Å². The summed E-state index contributed by atoms with van der Waals surface area (Å²) in [4.78, 5) is 12.2. The van der Waals surface area contributed by atoms with Gasteiger partial charge < -0.3 is 20.1 Å². The molecule has 1 aromatic carbocycles. The van der Waals surface area contributed by atoms with E-state index < -0.39 is 6.61 Å². The summed E-state index contributed by atoms with van der Waals surface area (Å²) >= 11 is 0. The molecule has 5 nitrogen and oxygen atoms in total. The van der Waals surface area contributed by atoms with Gasteiger partial charge in [0.25, 0.3) is 0 Å². The van der Waals surface area contributed by atoms with Crippen molar-refractivity contribution in [3.8, 4) is 11.5 Å². The van der Waals surface area contributed by atoms with Gasteiger partial charge in [0.2, 0.25) is 5.91 Å². The first-order chi connectivity index (χ1) is 11.6. The predicted molar refractivity (Wildman–Crippen MR) is 86.3 cm³/mol. The van der Waals surface area contributed by atoms with Gasteiger partial charge in [0, 0.05) is 24.1 Å². The Hall–Kier alpha value is -1.89. The van der Waals surface area contributed by atoms with Gasteiger partial charge in [0.05, 0.1) is 6.61 Å². The first-order valence-electron chi connectivity index (χ1n) is 8.29. The molecule has 0 saturated carbocycles. The minimum Gasteiger partial charge on any atom is -0.493 e. The average molecular weight is 342 g/mol. The van der Waals surface area contributed by atoms with Crippen LogP contribution in [-0.2, 0) is 11.3 Å². The van der Waals surface area contributed by atoms with E-state index >= 15 is 0 Å². The number of alkyl halides is 2. The zero-order chi connectivity index (χ0) is 17.4. The SMILES string of the molecule is CCCOc1ccc(CNC(=O)C2CCNCC2)c(OC(F)F)c1. The molecule has 1 aliphatic rings. The first kappa shape index (κ1) is 18.4. The minimum absolute atomic E-state index is 0.0297. The molecule has 0 aliphatic carbocycles. The molecular weight excluding hydrogens is 318 g/mol. The van der Waals surface area contributed by atoms with Crippen LogP contribution in [0.5, 0.6) is 11.5 Å². The van der Waals surface area contributed by atoms with E-state index in [2.05, 4.69) is 15.4 Å². The summed E-state index contributed by atoms with van der Waals surface area (Å²) in [7, 11) is 0. The van der Waals surface area contributed by atoms with Crippen molar-refractivity contribution >= 4 is 5.91 Å². The number of hydrogen-bond acceptors (Lipinski definition) is 4. The van der Waals surface area contributed by atoms with Crippen molar-refractivity contribution in [3.05, 3.63) is 23.8 Å². The third-order valence-electron chi connectivity index (χ3n) is 3.89. The normalized spacial score (nSPS) is 15.3. The Morgan fingerprint density at radius 3 is 2.79 bits per heavy atom. The summed E-state index contributed by atoms with van der Waals surface area (Å²) in [6.07, 6.45) is 2.39. The Bertz CT molecular complexity index is 535. The second-order valence-electron chi connectivity index (χ2n) is 5.74. The van der Waals surface area contributed by atoms with Crippen LogP contribution in [0.3, 0.4) is 0 Å². The lowest BCUT2D eigenvalue weighted by atomic mass is 9.97. The van der Waals surface area contributed by atoms with Crippen LogP contribution < -0.4 is 20.1 Å². The van der Waals surface area contributed by atoms with Gasteiger partial charge in [0.15, 0.2) is 0 Å². The predicted octanol–water partition coefficient (Wildman–Crippen LogP) is 2.69. The lowest BCUT2D eigenvalue weighted by Crippen LogP contribution is -2.37. The largest absolute Gasteiger partial charge is 0.493 e. The highest BCUT2D eigenvalue weighted by molar-refractivity contribution is 5.78. The Morgan fingerprint density at radius 1 is 1.38 bits per heavy atom. The molecule has 7 heteroatoms. The lowest BCUT2D eigenvalue weighted by Gasteiger charge is -2.22. The topological polar surface area (TPSA) is 59.6 Å².